The number of anilines is 1. The zero-order valence-corrected chi connectivity index (χ0v) is 11.6. The van der Waals surface area contributed by atoms with Crippen molar-refractivity contribution in [2.45, 2.75) is 26.3 Å². The van der Waals surface area contributed by atoms with Crippen LogP contribution < -0.4 is 10.1 Å². The second-order valence-corrected chi connectivity index (χ2v) is 4.59. The summed E-state index contributed by atoms with van der Waals surface area (Å²) in [4.78, 5) is 1.84. The summed E-state index contributed by atoms with van der Waals surface area (Å²) in [5.74, 6) is -0.263. The van der Waals surface area contributed by atoms with E-state index in [1.54, 1.807) is 0 Å². The molecule has 0 unspecified atom stereocenters. The average molecular weight is 292 g/mol. The van der Waals surface area contributed by atoms with Gasteiger partial charge in [-0.05, 0) is 50.3 Å². The molecule has 0 radical (unpaired) electrons. The molecule has 1 aromatic carbocycles. The van der Waals surface area contributed by atoms with Crippen molar-refractivity contribution in [3.63, 3.8) is 0 Å². The first kappa shape index (κ1) is 15.6. The third-order valence-corrected chi connectivity index (χ3v) is 2.82. The standard InChI is InChI=1S/C12H15F3N2OS/c1-8(2)17(3)11(19)16-9-4-6-10(7-5-9)18-12(13,14)15/h4-8H,1-3H3,(H,16,19). The summed E-state index contributed by atoms with van der Waals surface area (Å²) in [5, 5.41) is 3.43. The number of nitrogens with one attached hydrogen (secondary N) is 1. The van der Waals surface area contributed by atoms with Crippen molar-refractivity contribution >= 4 is 23.0 Å². The number of thiocarbonyl (C=S) groups is 1. The Kier molecular flexibility index (Phi) is 4.99. The molecule has 0 aromatic heterocycles. The largest absolute Gasteiger partial charge is 0.573 e. The first-order valence-electron chi connectivity index (χ1n) is 5.58. The van der Waals surface area contributed by atoms with E-state index < -0.39 is 6.36 Å². The predicted molar refractivity (Wildman–Crippen MR) is 72.2 cm³/mol. The molecule has 0 aliphatic heterocycles. The fraction of sp³-hybridized carbons (Fsp3) is 0.417. The molecule has 0 aliphatic carbocycles. The summed E-state index contributed by atoms with van der Waals surface area (Å²) in [6, 6.07) is 5.64. The lowest BCUT2D eigenvalue weighted by molar-refractivity contribution is -0.274. The third kappa shape index (κ3) is 5.34. The number of benzene rings is 1. The van der Waals surface area contributed by atoms with Crippen molar-refractivity contribution in [2.75, 3.05) is 12.4 Å². The van der Waals surface area contributed by atoms with E-state index in [1.807, 2.05) is 25.8 Å². The Hall–Kier alpha value is -1.50. The van der Waals surface area contributed by atoms with E-state index in [1.165, 1.54) is 24.3 Å². The Balaban J connectivity index is 2.65. The molecule has 0 aliphatic rings. The Morgan fingerprint density at radius 3 is 2.21 bits per heavy atom. The monoisotopic (exact) mass is 292 g/mol. The maximum absolute atomic E-state index is 12.0. The molecule has 7 heteroatoms. The quantitative estimate of drug-likeness (QED) is 0.860. The number of hydrogen-bond acceptors (Lipinski definition) is 2. The van der Waals surface area contributed by atoms with Gasteiger partial charge >= 0.3 is 6.36 Å². The second-order valence-electron chi connectivity index (χ2n) is 4.21. The van der Waals surface area contributed by atoms with Gasteiger partial charge in [0.15, 0.2) is 5.11 Å². The van der Waals surface area contributed by atoms with E-state index in [0.29, 0.717) is 10.8 Å². The molecular weight excluding hydrogens is 277 g/mol. The molecule has 19 heavy (non-hydrogen) atoms. The van der Waals surface area contributed by atoms with Crippen LogP contribution in [0.15, 0.2) is 24.3 Å². The maximum Gasteiger partial charge on any atom is 0.573 e. The normalized spacial score (nSPS) is 11.3. The van der Waals surface area contributed by atoms with Crippen LogP contribution in [0.4, 0.5) is 18.9 Å². The van der Waals surface area contributed by atoms with Gasteiger partial charge in [0.05, 0.1) is 0 Å². The Labute approximate surface area is 115 Å². The lowest BCUT2D eigenvalue weighted by Crippen LogP contribution is -2.36. The lowest BCUT2D eigenvalue weighted by atomic mass is 10.3. The van der Waals surface area contributed by atoms with Crippen LogP contribution in [-0.4, -0.2) is 29.5 Å². The first-order chi connectivity index (χ1) is 8.69. The van der Waals surface area contributed by atoms with E-state index in [-0.39, 0.29) is 11.8 Å². The molecule has 0 spiro atoms. The Morgan fingerprint density at radius 1 is 1.26 bits per heavy atom. The molecule has 0 amide bonds. The number of ether oxygens (including phenoxy) is 1. The Bertz CT molecular complexity index is 432. The van der Waals surface area contributed by atoms with E-state index in [9.17, 15) is 13.2 Å². The third-order valence-electron chi connectivity index (χ3n) is 2.43. The molecule has 0 fully saturated rings. The van der Waals surface area contributed by atoms with Crippen LogP contribution in [0.5, 0.6) is 5.75 Å². The highest BCUT2D eigenvalue weighted by Crippen LogP contribution is 2.24. The first-order valence-corrected chi connectivity index (χ1v) is 5.99. The molecule has 0 atom stereocenters. The van der Waals surface area contributed by atoms with Crippen LogP contribution >= 0.6 is 12.2 Å². The summed E-state index contributed by atoms with van der Waals surface area (Å²) in [5.41, 5.74) is 0.604. The molecule has 3 nitrogen and oxygen atoms in total. The van der Waals surface area contributed by atoms with E-state index in [0.717, 1.165) is 0 Å². The molecular formula is C12H15F3N2OS. The molecule has 0 saturated heterocycles. The van der Waals surface area contributed by atoms with Crippen molar-refractivity contribution in [1.82, 2.24) is 4.90 Å². The van der Waals surface area contributed by atoms with Crippen LogP contribution in [0.3, 0.4) is 0 Å². The van der Waals surface area contributed by atoms with Crippen molar-refractivity contribution in [1.29, 1.82) is 0 Å². The SMILES string of the molecule is CC(C)N(C)C(=S)Nc1ccc(OC(F)(F)F)cc1. The zero-order valence-electron chi connectivity index (χ0n) is 10.8. The molecule has 1 aromatic rings. The maximum atomic E-state index is 12.0. The number of alkyl halides is 3. The van der Waals surface area contributed by atoms with Crippen molar-refractivity contribution in [2.24, 2.45) is 0 Å². The van der Waals surface area contributed by atoms with Gasteiger partial charge < -0.3 is 15.0 Å². The summed E-state index contributed by atoms with van der Waals surface area (Å²) in [6.45, 7) is 3.96. The van der Waals surface area contributed by atoms with E-state index >= 15 is 0 Å². The number of halogens is 3. The summed E-state index contributed by atoms with van der Waals surface area (Å²) in [7, 11) is 1.83. The van der Waals surface area contributed by atoms with Crippen LogP contribution in [0.1, 0.15) is 13.8 Å². The van der Waals surface area contributed by atoms with Gasteiger partial charge in [0, 0.05) is 18.8 Å². The summed E-state index contributed by atoms with van der Waals surface area (Å²) < 4.78 is 39.7. The average Bonchev–Trinajstić information content (AvgIpc) is 2.28. The number of hydrogen-bond donors (Lipinski definition) is 1. The Morgan fingerprint density at radius 2 is 1.79 bits per heavy atom. The van der Waals surface area contributed by atoms with Crippen molar-refractivity contribution in [3.05, 3.63) is 24.3 Å². The van der Waals surface area contributed by atoms with Crippen LogP contribution in [0, 0.1) is 0 Å². The number of nitrogens with zero attached hydrogens (tertiary/aromatic N) is 1. The minimum atomic E-state index is -4.68. The van der Waals surface area contributed by atoms with Crippen molar-refractivity contribution in [3.8, 4) is 5.75 Å². The molecule has 0 heterocycles. The molecule has 0 bridgehead atoms. The van der Waals surface area contributed by atoms with Gasteiger partial charge in [0.1, 0.15) is 5.75 Å². The van der Waals surface area contributed by atoms with Gasteiger partial charge in [-0.3, -0.25) is 0 Å². The second kappa shape index (κ2) is 6.10. The van der Waals surface area contributed by atoms with Gasteiger partial charge in [-0.1, -0.05) is 0 Å². The van der Waals surface area contributed by atoms with E-state index in [2.05, 4.69) is 10.1 Å². The van der Waals surface area contributed by atoms with Crippen molar-refractivity contribution < 1.29 is 17.9 Å². The van der Waals surface area contributed by atoms with Crippen LogP contribution in [0.2, 0.25) is 0 Å². The van der Waals surface area contributed by atoms with Gasteiger partial charge in [0.2, 0.25) is 0 Å². The number of rotatable bonds is 3. The highest BCUT2D eigenvalue weighted by molar-refractivity contribution is 7.80. The highest BCUT2D eigenvalue weighted by atomic mass is 32.1. The van der Waals surface area contributed by atoms with Gasteiger partial charge in [-0.2, -0.15) is 0 Å². The highest BCUT2D eigenvalue weighted by Gasteiger charge is 2.30. The van der Waals surface area contributed by atoms with Gasteiger partial charge in [0.25, 0.3) is 0 Å². The van der Waals surface area contributed by atoms with Crippen LogP contribution in [-0.2, 0) is 0 Å². The van der Waals surface area contributed by atoms with Crippen LogP contribution in [0.25, 0.3) is 0 Å². The summed E-state index contributed by atoms with van der Waals surface area (Å²) >= 11 is 5.16. The topological polar surface area (TPSA) is 24.5 Å². The fourth-order valence-electron chi connectivity index (χ4n) is 1.19. The molecule has 1 N–H and O–H groups in total. The molecule has 0 saturated carbocycles. The molecule has 1 rings (SSSR count). The lowest BCUT2D eigenvalue weighted by Gasteiger charge is -2.24. The minimum Gasteiger partial charge on any atom is -0.406 e. The van der Waals surface area contributed by atoms with Gasteiger partial charge in [-0.25, -0.2) is 0 Å². The zero-order chi connectivity index (χ0) is 14.6. The smallest absolute Gasteiger partial charge is 0.406 e. The summed E-state index contributed by atoms with van der Waals surface area (Å²) in [6.07, 6.45) is -4.68. The fourth-order valence-corrected chi connectivity index (χ4v) is 1.51. The predicted octanol–water partition coefficient (Wildman–Crippen LogP) is 3.62. The minimum absolute atomic E-state index is 0.229. The molecule has 106 valence electrons. The van der Waals surface area contributed by atoms with Gasteiger partial charge in [-0.15, -0.1) is 13.2 Å². The van der Waals surface area contributed by atoms with E-state index in [4.69, 9.17) is 12.2 Å².